The summed E-state index contributed by atoms with van der Waals surface area (Å²) in [6.45, 7) is 0.880. The first kappa shape index (κ1) is 18.1. The van der Waals surface area contributed by atoms with Crippen molar-refractivity contribution in [2.24, 2.45) is 0 Å². The molecule has 0 fully saturated rings. The van der Waals surface area contributed by atoms with Gasteiger partial charge in [-0.1, -0.05) is 0 Å². The zero-order valence-electron chi connectivity index (χ0n) is 11.5. The van der Waals surface area contributed by atoms with Crippen LogP contribution in [0.5, 0.6) is 5.75 Å². The van der Waals surface area contributed by atoms with Crippen LogP contribution in [0.1, 0.15) is 12.5 Å². The molecule has 0 unspecified atom stereocenters. The van der Waals surface area contributed by atoms with Gasteiger partial charge in [0.15, 0.2) is 0 Å². The van der Waals surface area contributed by atoms with Crippen molar-refractivity contribution in [3.63, 3.8) is 0 Å². The van der Waals surface area contributed by atoms with Crippen molar-refractivity contribution in [1.29, 1.82) is 0 Å². The van der Waals surface area contributed by atoms with Crippen LogP contribution in [0, 0.1) is 3.57 Å². The summed E-state index contributed by atoms with van der Waals surface area (Å²) in [5, 5.41) is 0. The van der Waals surface area contributed by atoms with Crippen molar-refractivity contribution in [1.82, 2.24) is 0 Å². The first-order chi connectivity index (χ1) is 10.4. The number of alkyl halides is 6. The summed E-state index contributed by atoms with van der Waals surface area (Å²) in [4.78, 5) is 11.0. The van der Waals surface area contributed by atoms with Gasteiger partial charge in [0.05, 0.1) is 0 Å². The predicted molar refractivity (Wildman–Crippen MR) is 72.4 cm³/mol. The molecule has 0 N–H and O–H groups in total. The molecular weight excluding hydrogens is 449 g/mol. The van der Waals surface area contributed by atoms with Crippen molar-refractivity contribution in [3.8, 4) is 5.75 Å². The summed E-state index contributed by atoms with van der Waals surface area (Å²) < 4.78 is 93.3. The second kappa shape index (κ2) is 5.69. The van der Waals surface area contributed by atoms with Crippen LogP contribution >= 0.6 is 20.6 Å². The van der Waals surface area contributed by atoms with E-state index in [0.29, 0.717) is 6.07 Å². The molecule has 23 heavy (non-hydrogen) atoms. The Hall–Kier alpha value is -1.24. The first-order valence-corrected chi connectivity index (χ1v) is 8.68. The van der Waals surface area contributed by atoms with E-state index in [1.807, 2.05) is 0 Å². The van der Waals surface area contributed by atoms with Gasteiger partial charge in [0.25, 0.3) is 0 Å². The number of carbonyl (C=O) groups is 1. The minimum absolute atomic E-state index is 0.203. The number of rotatable bonds is 2. The average Bonchev–Trinajstić information content (AvgIpc) is 2.72. The fourth-order valence-corrected chi connectivity index (χ4v) is 5.88. The van der Waals surface area contributed by atoms with Gasteiger partial charge in [-0.05, 0) is 0 Å². The molecule has 0 saturated carbocycles. The Morgan fingerprint density at radius 2 is 1.74 bits per heavy atom. The monoisotopic (exact) mass is 458 g/mol. The number of ether oxygens (including phenoxy) is 1. The second-order valence-electron chi connectivity index (χ2n) is 4.39. The third-order valence-electron chi connectivity index (χ3n) is 2.88. The van der Waals surface area contributed by atoms with Crippen LogP contribution in [-0.2, 0) is 16.5 Å². The third kappa shape index (κ3) is 2.84. The summed E-state index contributed by atoms with van der Waals surface area (Å²) in [6.07, 6.45) is -11.6. The molecule has 1 heterocycles. The fourth-order valence-electron chi connectivity index (χ4n) is 1.93. The maximum absolute atomic E-state index is 13.3. The molecule has 1 aliphatic rings. The van der Waals surface area contributed by atoms with Crippen molar-refractivity contribution < 1.29 is 42.0 Å². The molecule has 130 valence electrons. The van der Waals surface area contributed by atoms with Gasteiger partial charge in [0.1, 0.15) is 0 Å². The number of benzene rings is 1. The van der Waals surface area contributed by atoms with E-state index in [4.69, 9.17) is 4.74 Å². The molecule has 0 atom stereocenters. The number of hydrogen-bond donors (Lipinski definition) is 0. The van der Waals surface area contributed by atoms with Crippen LogP contribution in [0.25, 0.3) is 0 Å². The minimum atomic E-state index is -5.79. The molecule has 0 spiro atoms. The van der Waals surface area contributed by atoms with E-state index in [-0.39, 0.29) is 9.32 Å². The van der Waals surface area contributed by atoms with Gasteiger partial charge in [-0.15, -0.1) is 0 Å². The summed E-state index contributed by atoms with van der Waals surface area (Å²) >= 11 is -3.94. The van der Waals surface area contributed by atoms with Crippen molar-refractivity contribution in [3.05, 3.63) is 27.3 Å². The van der Waals surface area contributed by atoms with Gasteiger partial charge >= 0.3 is 134 Å². The van der Waals surface area contributed by atoms with Crippen LogP contribution in [-0.4, -0.2) is 25.4 Å². The molecule has 4 nitrogen and oxygen atoms in total. The van der Waals surface area contributed by atoms with E-state index < -0.39 is 50.1 Å². The van der Waals surface area contributed by atoms with Crippen molar-refractivity contribution in [2.75, 3.05) is 7.11 Å². The molecular formula is C12H9F6IO4. The zero-order valence-corrected chi connectivity index (χ0v) is 13.7. The number of halogens is 7. The van der Waals surface area contributed by atoms with E-state index in [1.165, 1.54) is 6.07 Å². The predicted octanol–water partition coefficient (Wildman–Crippen LogP) is 4.11. The van der Waals surface area contributed by atoms with Gasteiger partial charge < -0.3 is 0 Å². The molecule has 1 aromatic rings. The van der Waals surface area contributed by atoms with Crippen molar-refractivity contribution in [2.45, 2.75) is 24.9 Å². The van der Waals surface area contributed by atoms with Gasteiger partial charge in [-0.2, -0.15) is 0 Å². The fraction of sp³-hybridized carbons (Fsp3) is 0.417. The Balaban J connectivity index is 2.73. The van der Waals surface area contributed by atoms with Crippen molar-refractivity contribution >= 4 is 26.6 Å². The Bertz CT molecular complexity index is 613. The number of methoxy groups -OCH3 is 1. The Kier molecular flexibility index (Phi) is 4.47. The maximum atomic E-state index is 13.3. The summed E-state index contributed by atoms with van der Waals surface area (Å²) in [5.74, 6) is -1.22. The van der Waals surface area contributed by atoms with Gasteiger partial charge in [0, 0.05) is 0 Å². The second-order valence-corrected chi connectivity index (χ2v) is 7.67. The Morgan fingerprint density at radius 3 is 2.17 bits per heavy atom. The van der Waals surface area contributed by atoms with Gasteiger partial charge in [-0.3, -0.25) is 0 Å². The summed E-state index contributed by atoms with van der Waals surface area (Å²) in [5.41, 5.74) is -5.69. The van der Waals surface area contributed by atoms with E-state index in [9.17, 15) is 31.1 Å². The molecule has 1 aliphatic heterocycles. The average molecular weight is 458 g/mol. The molecule has 1 aromatic carbocycles. The Labute approximate surface area is 134 Å². The summed E-state index contributed by atoms with van der Waals surface area (Å²) in [7, 11) is 1.10. The Morgan fingerprint density at radius 1 is 1.17 bits per heavy atom. The molecule has 0 aromatic heterocycles. The normalized spacial score (nSPS) is 18.5. The number of fused-ring (bicyclic) bond motifs is 1. The van der Waals surface area contributed by atoms with Gasteiger partial charge in [-0.25, -0.2) is 0 Å². The zero-order chi connectivity index (χ0) is 17.6. The van der Waals surface area contributed by atoms with Crippen LogP contribution in [0.3, 0.4) is 0 Å². The third-order valence-corrected chi connectivity index (χ3v) is 6.85. The van der Waals surface area contributed by atoms with Crippen LogP contribution < -0.4 is 4.74 Å². The van der Waals surface area contributed by atoms with Crippen LogP contribution in [0.15, 0.2) is 18.2 Å². The van der Waals surface area contributed by atoms with E-state index in [0.717, 1.165) is 20.1 Å². The molecule has 0 amide bonds. The number of hydrogen-bond acceptors (Lipinski definition) is 4. The topological polar surface area (TPSA) is 44.8 Å². The summed E-state index contributed by atoms with van der Waals surface area (Å²) in [6, 6.07) is 2.79. The molecule has 2 rings (SSSR count). The van der Waals surface area contributed by atoms with Gasteiger partial charge in [0.2, 0.25) is 0 Å². The van der Waals surface area contributed by atoms with Crippen LogP contribution in [0.4, 0.5) is 26.3 Å². The quantitative estimate of drug-likeness (QED) is 0.495. The number of carbonyl (C=O) groups excluding carboxylic acids is 1. The SMILES string of the molecule is COc1ccc2c(c1)C(C(F)(F)F)(C(F)(F)F)OI2OC(C)=O. The molecule has 0 aliphatic carbocycles. The molecule has 0 saturated heterocycles. The molecule has 0 radical (unpaired) electrons. The van der Waals surface area contributed by atoms with E-state index in [1.54, 1.807) is 0 Å². The molecule has 11 heteroatoms. The van der Waals surface area contributed by atoms with E-state index in [2.05, 4.69) is 6.13 Å². The first-order valence-electron chi connectivity index (χ1n) is 5.84. The van der Waals surface area contributed by atoms with E-state index >= 15 is 0 Å². The molecule has 0 bridgehead atoms. The van der Waals surface area contributed by atoms with Crippen LogP contribution in [0.2, 0.25) is 0 Å². The standard InChI is InChI=1S/C12H9F6IO4/c1-6(20)22-19-9-4-3-7(21-2)5-8(9)10(23-19,11(13,14)15)12(16,17)18/h3-5H,1-2H3.